The minimum Gasteiger partial charge on any atom is -0.337 e. The zero-order chi connectivity index (χ0) is 17.1. The van der Waals surface area contributed by atoms with Gasteiger partial charge in [-0.3, -0.25) is 4.79 Å². The van der Waals surface area contributed by atoms with Gasteiger partial charge < -0.3 is 4.90 Å². The Morgan fingerprint density at radius 1 is 1.46 bits per heavy atom. The molecule has 1 amide bonds. The van der Waals surface area contributed by atoms with Crippen LogP contribution in [0.3, 0.4) is 0 Å². The third-order valence-electron chi connectivity index (χ3n) is 4.30. The number of nitriles is 1. The average Bonchev–Trinajstić information content (AvgIpc) is 3.12. The van der Waals surface area contributed by atoms with Gasteiger partial charge in [-0.15, -0.1) is 11.3 Å². The maximum atomic E-state index is 12.7. The van der Waals surface area contributed by atoms with Crippen molar-refractivity contribution in [2.24, 2.45) is 0 Å². The molecule has 1 saturated heterocycles. The fourth-order valence-corrected chi connectivity index (χ4v) is 3.97. The number of nitrogens with zero attached hydrogens (tertiary/aromatic N) is 4. The van der Waals surface area contributed by atoms with E-state index < -0.39 is 0 Å². The monoisotopic (exact) mass is 340 g/mol. The van der Waals surface area contributed by atoms with E-state index in [0.717, 1.165) is 30.1 Å². The highest BCUT2D eigenvalue weighted by atomic mass is 32.1. The van der Waals surface area contributed by atoms with Gasteiger partial charge in [0.2, 0.25) is 0 Å². The molecule has 3 heterocycles. The first-order chi connectivity index (χ1) is 11.6. The first-order valence-corrected chi connectivity index (χ1v) is 9.07. The smallest absolute Gasteiger partial charge is 0.272 e. The highest BCUT2D eigenvalue weighted by Gasteiger charge is 2.28. The van der Waals surface area contributed by atoms with E-state index in [2.05, 4.69) is 24.2 Å². The van der Waals surface area contributed by atoms with Crippen molar-refractivity contribution in [1.82, 2.24) is 14.9 Å². The normalized spacial score (nSPS) is 17.8. The van der Waals surface area contributed by atoms with Gasteiger partial charge in [0, 0.05) is 30.6 Å². The van der Waals surface area contributed by atoms with Gasteiger partial charge in [0.15, 0.2) is 0 Å². The Hall–Kier alpha value is -2.26. The van der Waals surface area contributed by atoms with E-state index >= 15 is 0 Å². The van der Waals surface area contributed by atoms with Gasteiger partial charge in [0.25, 0.3) is 5.91 Å². The molecule has 2 aromatic heterocycles. The van der Waals surface area contributed by atoms with Gasteiger partial charge in [-0.2, -0.15) is 5.26 Å². The number of carbonyl (C=O) groups is 1. The average molecular weight is 340 g/mol. The SMILES string of the molecule is CC(C)c1csc([C@@H]2CCCN(C(=O)c3ccc(C#N)cn3)C2)n1. The fraction of sp³-hybridized carbons (Fsp3) is 0.444. The highest BCUT2D eigenvalue weighted by Crippen LogP contribution is 2.31. The van der Waals surface area contributed by atoms with Crippen LogP contribution in [0.25, 0.3) is 0 Å². The van der Waals surface area contributed by atoms with E-state index in [9.17, 15) is 4.79 Å². The lowest BCUT2D eigenvalue weighted by Crippen LogP contribution is -2.39. The number of carbonyl (C=O) groups excluding carboxylic acids is 1. The summed E-state index contributed by atoms with van der Waals surface area (Å²) in [5.74, 6) is 0.669. The Kier molecular flexibility index (Phi) is 4.91. The van der Waals surface area contributed by atoms with Crippen LogP contribution in [0.15, 0.2) is 23.7 Å². The van der Waals surface area contributed by atoms with Gasteiger partial charge in [0.05, 0.1) is 16.3 Å². The maximum Gasteiger partial charge on any atom is 0.272 e. The van der Waals surface area contributed by atoms with E-state index in [1.54, 1.807) is 23.5 Å². The van der Waals surface area contributed by atoms with Crippen molar-refractivity contribution in [3.05, 3.63) is 45.7 Å². The molecule has 1 aliphatic heterocycles. The molecule has 0 spiro atoms. The summed E-state index contributed by atoms with van der Waals surface area (Å²) in [6.45, 7) is 5.73. The van der Waals surface area contributed by atoms with Gasteiger partial charge in [0.1, 0.15) is 11.8 Å². The molecule has 3 rings (SSSR count). The molecule has 0 saturated carbocycles. The summed E-state index contributed by atoms with van der Waals surface area (Å²) < 4.78 is 0. The van der Waals surface area contributed by atoms with Crippen molar-refractivity contribution in [2.45, 2.75) is 38.5 Å². The van der Waals surface area contributed by atoms with E-state index in [-0.39, 0.29) is 5.91 Å². The molecule has 1 fully saturated rings. The number of aromatic nitrogens is 2. The van der Waals surface area contributed by atoms with E-state index in [4.69, 9.17) is 10.2 Å². The zero-order valence-electron chi connectivity index (χ0n) is 13.9. The molecule has 124 valence electrons. The molecule has 0 radical (unpaired) electrons. The van der Waals surface area contributed by atoms with Crippen molar-refractivity contribution in [1.29, 1.82) is 5.26 Å². The Labute approximate surface area is 146 Å². The van der Waals surface area contributed by atoms with Crippen LogP contribution in [-0.4, -0.2) is 33.9 Å². The van der Waals surface area contributed by atoms with E-state index in [1.807, 2.05) is 11.0 Å². The van der Waals surface area contributed by atoms with Crippen molar-refractivity contribution >= 4 is 17.2 Å². The lowest BCUT2D eigenvalue weighted by molar-refractivity contribution is 0.0701. The number of pyridine rings is 1. The summed E-state index contributed by atoms with van der Waals surface area (Å²) in [5, 5.41) is 12.1. The van der Waals surface area contributed by atoms with Crippen LogP contribution in [0.4, 0.5) is 0 Å². The van der Waals surface area contributed by atoms with Gasteiger partial charge >= 0.3 is 0 Å². The van der Waals surface area contributed by atoms with Crippen molar-refractivity contribution < 1.29 is 4.79 Å². The van der Waals surface area contributed by atoms with Crippen LogP contribution in [0.1, 0.15) is 65.3 Å². The van der Waals surface area contributed by atoms with Crippen LogP contribution >= 0.6 is 11.3 Å². The Morgan fingerprint density at radius 2 is 2.29 bits per heavy atom. The Bertz CT molecular complexity index is 760. The summed E-state index contributed by atoms with van der Waals surface area (Å²) in [6, 6.07) is 5.28. The molecule has 0 unspecified atom stereocenters. The third kappa shape index (κ3) is 3.46. The predicted molar refractivity (Wildman–Crippen MR) is 93.0 cm³/mol. The Balaban J connectivity index is 1.72. The van der Waals surface area contributed by atoms with Crippen LogP contribution in [0, 0.1) is 11.3 Å². The number of piperidine rings is 1. The second kappa shape index (κ2) is 7.10. The minimum absolute atomic E-state index is 0.0650. The van der Waals surface area contributed by atoms with Gasteiger partial charge in [-0.05, 0) is 30.9 Å². The fourth-order valence-electron chi connectivity index (χ4n) is 2.87. The molecule has 5 nitrogen and oxygen atoms in total. The van der Waals surface area contributed by atoms with Crippen LogP contribution in [-0.2, 0) is 0 Å². The first-order valence-electron chi connectivity index (χ1n) is 8.19. The number of likely N-dealkylation sites (tertiary alicyclic amines) is 1. The molecule has 0 bridgehead atoms. The highest BCUT2D eigenvalue weighted by molar-refractivity contribution is 7.09. The third-order valence-corrected chi connectivity index (χ3v) is 5.33. The molecule has 24 heavy (non-hydrogen) atoms. The molecule has 0 aromatic carbocycles. The summed E-state index contributed by atoms with van der Waals surface area (Å²) in [7, 11) is 0. The predicted octanol–water partition coefficient (Wildman–Crippen LogP) is 3.55. The van der Waals surface area contributed by atoms with Gasteiger partial charge in [-0.25, -0.2) is 9.97 Å². The first kappa shape index (κ1) is 16.6. The molecular weight excluding hydrogens is 320 g/mol. The van der Waals surface area contributed by atoms with Crippen molar-refractivity contribution in [2.75, 3.05) is 13.1 Å². The Morgan fingerprint density at radius 3 is 2.92 bits per heavy atom. The lowest BCUT2D eigenvalue weighted by Gasteiger charge is -2.31. The van der Waals surface area contributed by atoms with Crippen molar-refractivity contribution in [3.63, 3.8) is 0 Å². The topological polar surface area (TPSA) is 69.9 Å². The second-order valence-electron chi connectivity index (χ2n) is 6.40. The van der Waals surface area contributed by atoms with Crippen LogP contribution < -0.4 is 0 Å². The standard InChI is InChI=1S/C18H20N4OS/c1-12(2)16-11-24-17(21-16)14-4-3-7-22(10-14)18(23)15-6-5-13(8-19)9-20-15/h5-6,9,11-12,14H,3-4,7,10H2,1-2H3/t14-/m1/s1. The number of hydrogen-bond acceptors (Lipinski definition) is 5. The zero-order valence-corrected chi connectivity index (χ0v) is 14.7. The van der Waals surface area contributed by atoms with E-state index in [0.29, 0.717) is 29.6 Å². The maximum absolute atomic E-state index is 12.7. The summed E-state index contributed by atoms with van der Waals surface area (Å²) in [4.78, 5) is 23.4. The molecule has 1 aliphatic rings. The molecular formula is C18H20N4OS. The molecule has 0 N–H and O–H groups in total. The van der Waals surface area contributed by atoms with Crippen LogP contribution in [0.2, 0.25) is 0 Å². The van der Waals surface area contributed by atoms with Crippen LogP contribution in [0.5, 0.6) is 0 Å². The quantitative estimate of drug-likeness (QED) is 0.857. The largest absolute Gasteiger partial charge is 0.337 e. The number of rotatable bonds is 3. The van der Waals surface area contributed by atoms with Crippen molar-refractivity contribution in [3.8, 4) is 6.07 Å². The number of amides is 1. The summed E-state index contributed by atoms with van der Waals surface area (Å²) in [6.07, 6.45) is 3.49. The molecule has 2 aromatic rings. The van der Waals surface area contributed by atoms with Gasteiger partial charge in [-0.1, -0.05) is 13.8 Å². The number of thiazole rings is 1. The molecule has 1 atom stereocenters. The van der Waals surface area contributed by atoms with E-state index in [1.165, 1.54) is 6.20 Å². The summed E-state index contributed by atoms with van der Waals surface area (Å²) >= 11 is 1.70. The molecule has 0 aliphatic carbocycles. The summed E-state index contributed by atoms with van der Waals surface area (Å²) in [5.41, 5.74) is 2.00. The number of hydrogen-bond donors (Lipinski definition) is 0. The lowest BCUT2D eigenvalue weighted by atomic mass is 9.98. The molecule has 6 heteroatoms. The second-order valence-corrected chi connectivity index (χ2v) is 7.29. The minimum atomic E-state index is -0.0650.